The van der Waals surface area contributed by atoms with Gasteiger partial charge in [-0.15, -0.1) is 0 Å². The molecule has 0 radical (unpaired) electrons. The zero-order valence-corrected chi connectivity index (χ0v) is 41.5. The molecule has 5 heterocycles. The van der Waals surface area contributed by atoms with E-state index in [1.165, 1.54) is 110 Å². The number of hydrogen-bond acceptors (Lipinski definition) is 3. The first-order valence-corrected chi connectivity index (χ1v) is 25.1. The minimum absolute atomic E-state index is 0.0150. The van der Waals surface area contributed by atoms with Gasteiger partial charge in [0.15, 0.2) is 17.5 Å². The standard InChI is InChI=1S/C65H52BN5/c1-37-18-17-19-38(2)55(37)41-27-30-52-49(32-41)57-46-25-16-15-24-45(46)56-50-36-44(65(6,7)8)35-48-47-34-43(64(3,4)5)28-31-53(47)71(59(48)50)66-51-29-26-42(33-54(51)70(52)60(57)58(56)66)63-68-61(39-20-11-9-12-21-39)67-62(69-63)40-22-13-10-14-23-40/h9-36H,1-8H3. The van der Waals surface area contributed by atoms with E-state index in [2.05, 4.69) is 198 Å². The molecule has 2 aliphatic rings. The van der Waals surface area contributed by atoms with E-state index in [4.69, 9.17) is 15.0 Å². The average molecular weight is 914 g/mol. The second-order valence-electron chi connectivity index (χ2n) is 22.1. The number of rotatable bonds is 4. The molecule has 0 saturated carbocycles. The van der Waals surface area contributed by atoms with Gasteiger partial charge in [-0.3, -0.25) is 0 Å². The Kier molecular flexibility index (Phi) is 8.68. The highest BCUT2D eigenvalue weighted by Crippen LogP contribution is 2.50. The molecule has 0 spiro atoms. The summed E-state index contributed by atoms with van der Waals surface area (Å²) in [5, 5.41) is 7.73. The van der Waals surface area contributed by atoms with Crippen LogP contribution in [-0.4, -0.2) is 30.8 Å². The normalized spacial score (nSPS) is 13.0. The van der Waals surface area contributed by atoms with Crippen LogP contribution in [0.25, 0.3) is 116 Å². The largest absolute Gasteiger partial charge is 0.375 e. The van der Waals surface area contributed by atoms with Gasteiger partial charge in [0, 0.05) is 60.5 Å². The van der Waals surface area contributed by atoms with Crippen molar-refractivity contribution in [2.24, 2.45) is 0 Å². The highest BCUT2D eigenvalue weighted by atomic mass is 15.0. The summed E-state index contributed by atoms with van der Waals surface area (Å²) >= 11 is 0. The van der Waals surface area contributed by atoms with Crippen molar-refractivity contribution in [1.82, 2.24) is 24.0 Å². The molecule has 12 aromatic rings. The summed E-state index contributed by atoms with van der Waals surface area (Å²) in [6.45, 7) is 18.4. The van der Waals surface area contributed by atoms with E-state index in [9.17, 15) is 0 Å². The number of hydrogen-bond donors (Lipinski definition) is 0. The molecule has 0 saturated heterocycles. The number of nitrogens with zero attached hydrogens (tertiary/aromatic N) is 5. The van der Waals surface area contributed by atoms with Gasteiger partial charge < -0.3 is 9.05 Å². The number of benzene rings is 9. The van der Waals surface area contributed by atoms with Gasteiger partial charge in [-0.1, -0.05) is 169 Å². The summed E-state index contributed by atoms with van der Waals surface area (Å²) in [4.78, 5) is 15.6. The number of aryl methyl sites for hydroxylation is 2. The fourth-order valence-electron chi connectivity index (χ4n) is 12.2. The molecule has 71 heavy (non-hydrogen) atoms. The fraction of sp³-hybridized carbons (Fsp3) is 0.154. The van der Waals surface area contributed by atoms with Crippen LogP contribution in [-0.2, 0) is 10.8 Å². The molecule has 0 N–H and O–H groups in total. The maximum Gasteiger partial charge on any atom is 0.333 e. The maximum atomic E-state index is 5.27. The first-order valence-electron chi connectivity index (χ1n) is 25.1. The van der Waals surface area contributed by atoms with Gasteiger partial charge >= 0.3 is 6.85 Å². The van der Waals surface area contributed by atoms with E-state index in [-0.39, 0.29) is 17.7 Å². The molecule has 6 heteroatoms. The van der Waals surface area contributed by atoms with Gasteiger partial charge in [0.1, 0.15) is 0 Å². The number of fused-ring (bicyclic) bond motifs is 14. The molecule has 0 atom stereocenters. The Morgan fingerprint density at radius 3 is 1.68 bits per heavy atom. The molecule has 340 valence electrons. The van der Waals surface area contributed by atoms with Crippen molar-refractivity contribution in [2.45, 2.75) is 66.2 Å². The Bertz CT molecular complexity index is 4180. The minimum Gasteiger partial charge on any atom is -0.375 e. The highest BCUT2D eigenvalue weighted by molar-refractivity contribution is 6.90. The smallest absolute Gasteiger partial charge is 0.333 e. The maximum absolute atomic E-state index is 5.27. The van der Waals surface area contributed by atoms with E-state index in [1.54, 1.807) is 0 Å². The summed E-state index contributed by atoms with van der Waals surface area (Å²) in [5.74, 6) is 1.94. The van der Waals surface area contributed by atoms with Gasteiger partial charge in [0.25, 0.3) is 0 Å². The monoisotopic (exact) mass is 913 g/mol. The van der Waals surface area contributed by atoms with Crippen LogP contribution in [0.4, 0.5) is 0 Å². The van der Waals surface area contributed by atoms with Crippen LogP contribution >= 0.6 is 0 Å². The second-order valence-corrected chi connectivity index (χ2v) is 22.1. The molecule has 0 unspecified atom stereocenters. The molecule has 0 amide bonds. The molecule has 2 aliphatic heterocycles. The van der Waals surface area contributed by atoms with Crippen LogP contribution in [0.2, 0.25) is 0 Å². The van der Waals surface area contributed by atoms with Crippen molar-refractivity contribution in [3.8, 4) is 62.1 Å². The lowest BCUT2D eigenvalue weighted by Crippen LogP contribution is -2.55. The summed E-state index contributed by atoms with van der Waals surface area (Å²) in [5.41, 5.74) is 21.9. The average Bonchev–Trinajstić information content (AvgIpc) is 3.90. The molecule has 14 rings (SSSR count). The van der Waals surface area contributed by atoms with E-state index in [1.807, 2.05) is 36.4 Å². The summed E-state index contributed by atoms with van der Waals surface area (Å²) < 4.78 is 5.30. The van der Waals surface area contributed by atoms with Gasteiger partial charge in [-0.25, -0.2) is 15.0 Å². The van der Waals surface area contributed by atoms with Crippen LogP contribution in [0.3, 0.4) is 0 Å². The van der Waals surface area contributed by atoms with Crippen molar-refractivity contribution >= 4 is 72.2 Å². The van der Waals surface area contributed by atoms with E-state index in [0.717, 1.165) is 22.4 Å². The van der Waals surface area contributed by atoms with Crippen LogP contribution in [0.5, 0.6) is 0 Å². The van der Waals surface area contributed by atoms with E-state index >= 15 is 0 Å². The third-order valence-electron chi connectivity index (χ3n) is 15.7. The van der Waals surface area contributed by atoms with Crippen molar-refractivity contribution < 1.29 is 0 Å². The van der Waals surface area contributed by atoms with Crippen LogP contribution < -0.4 is 10.9 Å². The first-order chi connectivity index (χ1) is 34.3. The molecular formula is C65H52BN5. The van der Waals surface area contributed by atoms with Crippen LogP contribution in [0, 0.1) is 13.8 Å². The zero-order valence-electron chi connectivity index (χ0n) is 41.5. The van der Waals surface area contributed by atoms with E-state index in [0.29, 0.717) is 17.5 Å². The van der Waals surface area contributed by atoms with Crippen LogP contribution in [0.15, 0.2) is 170 Å². The Morgan fingerprint density at radius 1 is 0.423 bits per heavy atom. The Hall–Kier alpha value is -8.09. The predicted octanol–water partition coefficient (Wildman–Crippen LogP) is 15.1. The quantitative estimate of drug-likeness (QED) is 0.165. The van der Waals surface area contributed by atoms with Crippen molar-refractivity contribution in [3.05, 3.63) is 192 Å². The Balaban J connectivity index is 1.15. The van der Waals surface area contributed by atoms with Gasteiger partial charge in [0.2, 0.25) is 0 Å². The van der Waals surface area contributed by atoms with Crippen LogP contribution in [0.1, 0.15) is 63.8 Å². The van der Waals surface area contributed by atoms with Crippen molar-refractivity contribution in [2.75, 3.05) is 0 Å². The van der Waals surface area contributed by atoms with E-state index < -0.39 is 0 Å². The summed E-state index contributed by atoms with van der Waals surface area (Å²) in [6, 6.07) is 62.9. The SMILES string of the molecule is Cc1cccc(C)c1-c1ccc2c(c1)c1c3ccccc3c3c4c1n2-c1cc(-c2nc(-c5ccccc5)nc(-c5ccccc5)n2)ccc1B4n1c2ccc(C(C)(C)C)cc2c2cc(C(C)(C)C)cc-3c21. The molecule has 3 aromatic heterocycles. The summed E-state index contributed by atoms with van der Waals surface area (Å²) in [7, 11) is 0. The second kappa shape index (κ2) is 14.7. The number of aromatic nitrogens is 5. The zero-order chi connectivity index (χ0) is 48.2. The minimum atomic E-state index is -0.123. The first kappa shape index (κ1) is 41.8. The molecule has 0 aliphatic carbocycles. The lowest BCUT2D eigenvalue weighted by atomic mass is 9.45. The molecule has 9 aromatic carbocycles. The van der Waals surface area contributed by atoms with Gasteiger partial charge in [-0.2, -0.15) is 0 Å². The fourth-order valence-corrected chi connectivity index (χ4v) is 12.2. The van der Waals surface area contributed by atoms with Crippen molar-refractivity contribution in [1.29, 1.82) is 0 Å². The lowest BCUT2D eigenvalue weighted by Gasteiger charge is -2.35. The van der Waals surface area contributed by atoms with Gasteiger partial charge in [-0.05, 0) is 128 Å². The summed E-state index contributed by atoms with van der Waals surface area (Å²) in [6.07, 6.45) is 0. The Labute approximate surface area is 414 Å². The third kappa shape index (κ3) is 6.03. The molecule has 0 bridgehead atoms. The highest BCUT2D eigenvalue weighted by Gasteiger charge is 2.43. The van der Waals surface area contributed by atoms with Gasteiger partial charge in [0.05, 0.1) is 11.0 Å². The van der Waals surface area contributed by atoms with Crippen molar-refractivity contribution in [3.63, 3.8) is 0 Å². The third-order valence-corrected chi connectivity index (χ3v) is 15.7. The topological polar surface area (TPSA) is 48.5 Å². The lowest BCUT2D eigenvalue weighted by molar-refractivity contribution is 0.590. The molecule has 0 fully saturated rings. The molecular weight excluding hydrogens is 862 g/mol. The molecule has 5 nitrogen and oxygen atoms in total. The predicted molar refractivity (Wildman–Crippen MR) is 299 cm³/mol. The Morgan fingerprint density at radius 2 is 1.01 bits per heavy atom.